The summed E-state index contributed by atoms with van der Waals surface area (Å²) in [4.78, 5) is 3.30. The number of hydrogen-bond acceptors (Lipinski definition) is 2. The fourth-order valence-corrected chi connectivity index (χ4v) is 1.77. The molecule has 1 heterocycles. The summed E-state index contributed by atoms with van der Waals surface area (Å²) in [6, 6.07) is 7.85. The van der Waals surface area contributed by atoms with Crippen molar-refractivity contribution >= 4 is 10.9 Å². The smallest absolute Gasteiger partial charge is 0.181 e. The normalized spacial score (nSPS) is 13.3. The molecule has 2 aromatic rings. The lowest BCUT2D eigenvalue weighted by atomic mass is 10.1. The predicted molar refractivity (Wildman–Crippen MR) is 59.6 cm³/mol. The average Bonchev–Trinajstić information content (AvgIpc) is 2.70. The standard InChI is InChI=1S/C12H15NO2/c1-3-8-7-10-9(12(14)15-2)5-4-6-11(10)13-8/h4-7,12-14H,3H2,1-2H3. The first-order valence-electron chi connectivity index (χ1n) is 5.07. The van der Waals surface area contributed by atoms with E-state index in [1.807, 2.05) is 18.2 Å². The Labute approximate surface area is 88.7 Å². The third-order valence-corrected chi connectivity index (χ3v) is 2.62. The molecule has 0 amide bonds. The van der Waals surface area contributed by atoms with Crippen LogP contribution < -0.4 is 0 Å². The van der Waals surface area contributed by atoms with Gasteiger partial charge in [-0.15, -0.1) is 0 Å². The number of H-pyrrole nitrogens is 1. The number of fused-ring (bicyclic) bond motifs is 1. The molecule has 15 heavy (non-hydrogen) atoms. The molecule has 0 radical (unpaired) electrons. The fourth-order valence-electron chi connectivity index (χ4n) is 1.77. The molecule has 1 atom stereocenters. The Hall–Kier alpha value is -1.32. The van der Waals surface area contributed by atoms with E-state index in [1.54, 1.807) is 0 Å². The SMILES string of the molecule is CCc1cc2c(C(O)OC)cccc2[nH]1. The molecule has 0 aliphatic carbocycles. The highest BCUT2D eigenvalue weighted by Crippen LogP contribution is 2.25. The van der Waals surface area contributed by atoms with Gasteiger partial charge in [-0.3, -0.25) is 0 Å². The Kier molecular flexibility index (Phi) is 2.75. The lowest BCUT2D eigenvalue weighted by molar-refractivity contribution is -0.0758. The van der Waals surface area contributed by atoms with Gasteiger partial charge in [-0.25, -0.2) is 0 Å². The van der Waals surface area contributed by atoms with Crippen LogP contribution in [0.1, 0.15) is 24.5 Å². The van der Waals surface area contributed by atoms with E-state index in [0.717, 1.165) is 22.9 Å². The number of aliphatic hydroxyl groups excluding tert-OH is 1. The highest BCUT2D eigenvalue weighted by Gasteiger charge is 2.11. The molecular weight excluding hydrogens is 190 g/mol. The Morgan fingerprint density at radius 1 is 1.47 bits per heavy atom. The van der Waals surface area contributed by atoms with Gasteiger partial charge < -0.3 is 14.8 Å². The van der Waals surface area contributed by atoms with E-state index in [2.05, 4.69) is 18.0 Å². The van der Waals surface area contributed by atoms with Crippen LogP contribution in [0.25, 0.3) is 10.9 Å². The summed E-state index contributed by atoms with van der Waals surface area (Å²) >= 11 is 0. The lowest BCUT2D eigenvalue weighted by Crippen LogP contribution is -1.99. The second-order valence-corrected chi connectivity index (χ2v) is 3.54. The Bertz CT molecular complexity index is 462. The van der Waals surface area contributed by atoms with Crippen LogP contribution in [-0.4, -0.2) is 17.2 Å². The summed E-state index contributed by atoms with van der Waals surface area (Å²) in [7, 11) is 1.50. The van der Waals surface area contributed by atoms with Gasteiger partial charge in [0.2, 0.25) is 0 Å². The first-order valence-corrected chi connectivity index (χ1v) is 5.07. The van der Waals surface area contributed by atoms with Crippen molar-refractivity contribution in [3.8, 4) is 0 Å². The number of methoxy groups -OCH3 is 1. The van der Waals surface area contributed by atoms with Crippen LogP contribution in [0.15, 0.2) is 24.3 Å². The van der Waals surface area contributed by atoms with Gasteiger partial charge in [0, 0.05) is 29.3 Å². The number of aliphatic hydroxyl groups is 1. The maximum atomic E-state index is 9.67. The van der Waals surface area contributed by atoms with E-state index in [9.17, 15) is 5.11 Å². The molecule has 0 saturated heterocycles. The van der Waals surface area contributed by atoms with Crippen molar-refractivity contribution in [1.29, 1.82) is 0 Å². The van der Waals surface area contributed by atoms with E-state index in [-0.39, 0.29) is 0 Å². The van der Waals surface area contributed by atoms with Gasteiger partial charge in [-0.05, 0) is 18.6 Å². The Morgan fingerprint density at radius 2 is 2.27 bits per heavy atom. The molecule has 0 spiro atoms. The minimum atomic E-state index is -0.853. The highest BCUT2D eigenvalue weighted by atomic mass is 16.6. The number of aromatic amines is 1. The summed E-state index contributed by atoms with van der Waals surface area (Å²) in [5.41, 5.74) is 3.02. The maximum absolute atomic E-state index is 9.67. The lowest BCUT2D eigenvalue weighted by Gasteiger charge is -2.09. The summed E-state index contributed by atoms with van der Waals surface area (Å²) in [5, 5.41) is 10.7. The van der Waals surface area contributed by atoms with Gasteiger partial charge in [0.15, 0.2) is 6.29 Å². The van der Waals surface area contributed by atoms with Crippen LogP contribution in [0.2, 0.25) is 0 Å². The second-order valence-electron chi connectivity index (χ2n) is 3.54. The number of hydrogen-bond donors (Lipinski definition) is 2. The van der Waals surface area contributed by atoms with Crippen LogP contribution in [0.3, 0.4) is 0 Å². The minimum Gasteiger partial charge on any atom is -0.364 e. The summed E-state index contributed by atoms with van der Waals surface area (Å²) in [6.07, 6.45) is 0.103. The number of ether oxygens (including phenoxy) is 1. The molecule has 0 aliphatic rings. The number of aryl methyl sites for hydroxylation is 1. The first-order chi connectivity index (χ1) is 7.26. The van der Waals surface area contributed by atoms with Gasteiger partial charge in [0.25, 0.3) is 0 Å². The van der Waals surface area contributed by atoms with E-state index in [4.69, 9.17) is 4.74 Å². The Morgan fingerprint density at radius 3 is 2.93 bits per heavy atom. The van der Waals surface area contributed by atoms with Crippen molar-refractivity contribution in [3.05, 3.63) is 35.5 Å². The van der Waals surface area contributed by atoms with Crippen molar-refractivity contribution in [2.24, 2.45) is 0 Å². The van der Waals surface area contributed by atoms with Crippen molar-refractivity contribution < 1.29 is 9.84 Å². The molecule has 0 aliphatic heterocycles. The van der Waals surface area contributed by atoms with Crippen LogP contribution in [-0.2, 0) is 11.2 Å². The molecule has 3 heteroatoms. The van der Waals surface area contributed by atoms with Crippen molar-refractivity contribution in [2.75, 3.05) is 7.11 Å². The molecular formula is C12H15NO2. The van der Waals surface area contributed by atoms with Crippen molar-refractivity contribution in [3.63, 3.8) is 0 Å². The van der Waals surface area contributed by atoms with Crippen LogP contribution in [0.4, 0.5) is 0 Å². The topological polar surface area (TPSA) is 45.2 Å². The van der Waals surface area contributed by atoms with E-state index in [1.165, 1.54) is 12.8 Å². The van der Waals surface area contributed by atoms with Crippen LogP contribution in [0, 0.1) is 0 Å². The first kappa shape index (κ1) is 10.2. The largest absolute Gasteiger partial charge is 0.364 e. The predicted octanol–water partition coefficient (Wildman–Crippen LogP) is 2.37. The zero-order valence-corrected chi connectivity index (χ0v) is 8.95. The molecule has 0 bridgehead atoms. The third kappa shape index (κ3) is 1.76. The van der Waals surface area contributed by atoms with Gasteiger partial charge >= 0.3 is 0 Å². The van der Waals surface area contributed by atoms with E-state index < -0.39 is 6.29 Å². The molecule has 3 nitrogen and oxygen atoms in total. The number of rotatable bonds is 3. The number of aromatic nitrogens is 1. The quantitative estimate of drug-likeness (QED) is 0.755. The monoisotopic (exact) mass is 205 g/mol. The molecule has 2 N–H and O–H groups in total. The molecule has 80 valence electrons. The third-order valence-electron chi connectivity index (χ3n) is 2.62. The maximum Gasteiger partial charge on any atom is 0.181 e. The number of nitrogens with one attached hydrogen (secondary N) is 1. The van der Waals surface area contributed by atoms with Crippen molar-refractivity contribution in [1.82, 2.24) is 4.98 Å². The number of benzene rings is 1. The summed E-state index contributed by atoms with van der Waals surface area (Å²) < 4.78 is 4.93. The fraction of sp³-hybridized carbons (Fsp3) is 0.333. The van der Waals surface area contributed by atoms with Gasteiger partial charge in [-0.1, -0.05) is 19.1 Å². The molecule has 1 aromatic heterocycles. The van der Waals surface area contributed by atoms with E-state index >= 15 is 0 Å². The molecule has 0 fully saturated rings. The summed E-state index contributed by atoms with van der Waals surface area (Å²) in [5.74, 6) is 0. The van der Waals surface area contributed by atoms with Gasteiger partial charge in [0.1, 0.15) is 0 Å². The average molecular weight is 205 g/mol. The highest BCUT2D eigenvalue weighted by molar-refractivity contribution is 5.84. The Balaban J connectivity index is 2.59. The van der Waals surface area contributed by atoms with Gasteiger partial charge in [0.05, 0.1) is 0 Å². The molecule has 0 saturated carbocycles. The zero-order valence-electron chi connectivity index (χ0n) is 8.95. The van der Waals surface area contributed by atoms with Crippen LogP contribution in [0.5, 0.6) is 0 Å². The molecule has 2 rings (SSSR count). The minimum absolute atomic E-state index is 0.811. The van der Waals surface area contributed by atoms with E-state index in [0.29, 0.717) is 0 Å². The van der Waals surface area contributed by atoms with Gasteiger partial charge in [-0.2, -0.15) is 0 Å². The second kappa shape index (κ2) is 4.04. The zero-order chi connectivity index (χ0) is 10.8. The van der Waals surface area contributed by atoms with Crippen LogP contribution >= 0.6 is 0 Å². The van der Waals surface area contributed by atoms with Crippen molar-refractivity contribution in [2.45, 2.75) is 19.6 Å². The summed E-state index contributed by atoms with van der Waals surface area (Å²) in [6.45, 7) is 2.09. The molecule has 1 unspecified atom stereocenters. The molecule has 1 aromatic carbocycles.